The number of anilines is 1. The average molecular weight is 475 g/mol. The van der Waals surface area contributed by atoms with E-state index in [-0.39, 0.29) is 28.4 Å². The van der Waals surface area contributed by atoms with Gasteiger partial charge in [0.05, 0.1) is 0 Å². The van der Waals surface area contributed by atoms with Crippen molar-refractivity contribution >= 4 is 51.8 Å². The smallest absolute Gasteiger partial charge is 0.358 e. The Hall–Kier alpha value is -3.95. The van der Waals surface area contributed by atoms with E-state index in [1.54, 1.807) is 29.6 Å². The molecular formula is C24H14N2O5S2. The second-order valence-corrected chi connectivity index (χ2v) is 8.78. The number of amides is 1. The molecule has 0 aliphatic heterocycles. The molecule has 0 unspecified atom stereocenters. The first kappa shape index (κ1) is 20.9. The number of ether oxygens (including phenoxy) is 1. The lowest BCUT2D eigenvalue weighted by atomic mass is 9.84. The summed E-state index contributed by atoms with van der Waals surface area (Å²) in [6, 6.07) is 13.0. The molecule has 4 aromatic rings. The fourth-order valence-electron chi connectivity index (χ4n) is 3.47. The number of carbonyl (C=O) groups excluding carboxylic acids is 4. The average Bonchev–Trinajstić information content (AvgIpc) is 3.53. The third-order valence-corrected chi connectivity index (χ3v) is 6.60. The van der Waals surface area contributed by atoms with Crippen molar-refractivity contribution in [3.63, 3.8) is 0 Å². The summed E-state index contributed by atoms with van der Waals surface area (Å²) in [5, 5.41) is 8.71. The molecule has 2 aromatic carbocycles. The Kier molecular flexibility index (Phi) is 5.41. The minimum absolute atomic E-state index is 0.130. The van der Waals surface area contributed by atoms with Crippen molar-refractivity contribution in [2.75, 3.05) is 11.9 Å². The molecule has 9 heteroatoms. The van der Waals surface area contributed by atoms with Crippen LogP contribution in [0.15, 0.2) is 64.7 Å². The first-order chi connectivity index (χ1) is 16.0. The molecular weight excluding hydrogens is 460 g/mol. The Morgan fingerprint density at radius 1 is 0.909 bits per heavy atom. The number of carbonyl (C=O) groups is 4. The number of hydrogen-bond donors (Lipinski definition) is 1. The summed E-state index contributed by atoms with van der Waals surface area (Å²) in [5.74, 6) is -1.80. The maximum Gasteiger partial charge on any atom is 0.358 e. The van der Waals surface area contributed by atoms with E-state index in [1.165, 1.54) is 40.9 Å². The highest BCUT2D eigenvalue weighted by Gasteiger charge is 2.29. The van der Waals surface area contributed by atoms with Crippen LogP contribution in [0.5, 0.6) is 0 Å². The number of benzene rings is 2. The Morgan fingerprint density at radius 3 is 2.36 bits per heavy atom. The number of nitrogens with zero attached hydrogens (tertiary/aromatic N) is 1. The number of nitrogens with one attached hydrogen (secondary N) is 1. The van der Waals surface area contributed by atoms with Gasteiger partial charge in [0.2, 0.25) is 0 Å². The molecule has 0 radical (unpaired) electrons. The molecule has 0 atom stereocenters. The lowest BCUT2D eigenvalue weighted by molar-refractivity contribution is -0.119. The standard InChI is InChI=1S/C24H14N2O5S2/c27-20(10-31-24(30)19-12-33-23(26-19)13-7-8-32-11-13)25-14-5-6-17-18(9-14)22(29)16-4-2-1-3-15(16)21(17)28/h1-9,11-12H,10H2,(H,25,27). The molecule has 1 aliphatic rings. The fraction of sp³-hybridized carbons (Fsp3) is 0.0417. The normalized spacial score (nSPS) is 12.1. The Morgan fingerprint density at radius 2 is 1.64 bits per heavy atom. The summed E-state index contributed by atoms with van der Waals surface area (Å²) in [4.78, 5) is 54.3. The van der Waals surface area contributed by atoms with Crippen LogP contribution in [0.2, 0.25) is 0 Å². The van der Waals surface area contributed by atoms with E-state index in [0.717, 1.165) is 5.56 Å². The number of thiazole rings is 1. The number of thiophene rings is 1. The van der Waals surface area contributed by atoms with Gasteiger partial charge in [-0.25, -0.2) is 9.78 Å². The molecule has 7 nitrogen and oxygen atoms in total. The molecule has 2 heterocycles. The van der Waals surface area contributed by atoms with Gasteiger partial charge in [-0.1, -0.05) is 24.3 Å². The quantitative estimate of drug-likeness (QED) is 0.378. The molecule has 1 amide bonds. The first-order valence-electron chi connectivity index (χ1n) is 9.79. The number of hydrogen-bond acceptors (Lipinski definition) is 8. The number of esters is 1. The fourth-order valence-corrected chi connectivity index (χ4v) is 4.97. The van der Waals surface area contributed by atoms with E-state index in [1.807, 2.05) is 16.8 Å². The molecule has 1 aliphatic carbocycles. The molecule has 0 fully saturated rings. The van der Waals surface area contributed by atoms with Gasteiger partial charge in [0.25, 0.3) is 5.91 Å². The van der Waals surface area contributed by atoms with Crippen molar-refractivity contribution in [1.82, 2.24) is 4.98 Å². The van der Waals surface area contributed by atoms with Crippen molar-refractivity contribution < 1.29 is 23.9 Å². The maximum atomic E-state index is 12.8. The van der Waals surface area contributed by atoms with E-state index in [9.17, 15) is 19.2 Å². The van der Waals surface area contributed by atoms with Gasteiger partial charge in [0.15, 0.2) is 23.9 Å². The van der Waals surface area contributed by atoms with E-state index in [4.69, 9.17) is 4.74 Å². The van der Waals surface area contributed by atoms with Gasteiger partial charge in [-0.3, -0.25) is 14.4 Å². The van der Waals surface area contributed by atoms with Crippen molar-refractivity contribution in [2.45, 2.75) is 0 Å². The van der Waals surface area contributed by atoms with Crippen molar-refractivity contribution in [1.29, 1.82) is 0 Å². The molecule has 33 heavy (non-hydrogen) atoms. The van der Waals surface area contributed by atoms with Crippen LogP contribution < -0.4 is 5.32 Å². The minimum Gasteiger partial charge on any atom is -0.451 e. The Balaban J connectivity index is 1.24. The SMILES string of the molecule is O=C(COC(=O)c1csc(-c2ccsc2)n1)Nc1ccc2c(c1)C(=O)c1ccccc1C2=O. The summed E-state index contributed by atoms with van der Waals surface area (Å²) in [5.41, 5.74) is 2.57. The van der Waals surface area contributed by atoms with Crippen LogP contribution in [-0.2, 0) is 9.53 Å². The third-order valence-electron chi connectivity index (χ3n) is 5.02. The minimum atomic E-state index is -0.703. The number of aromatic nitrogens is 1. The van der Waals surface area contributed by atoms with Crippen LogP contribution in [0.4, 0.5) is 5.69 Å². The van der Waals surface area contributed by atoms with Gasteiger partial charge >= 0.3 is 5.97 Å². The van der Waals surface area contributed by atoms with Gasteiger partial charge in [-0.15, -0.1) is 11.3 Å². The van der Waals surface area contributed by atoms with Gasteiger partial charge < -0.3 is 10.1 Å². The van der Waals surface area contributed by atoms with Crippen molar-refractivity contribution in [3.8, 4) is 10.6 Å². The zero-order chi connectivity index (χ0) is 22.9. The number of rotatable bonds is 5. The van der Waals surface area contributed by atoms with Gasteiger partial charge in [0.1, 0.15) is 5.01 Å². The van der Waals surface area contributed by atoms with Gasteiger partial charge in [-0.05, 0) is 29.6 Å². The van der Waals surface area contributed by atoms with Crippen LogP contribution in [-0.4, -0.2) is 35.0 Å². The third kappa shape index (κ3) is 3.99. The van der Waals surface area contributed by atoms with Crippen LogP contribution in [0.3, 0.4) is 0 Å². The second kappa shape index (κ2) is 8.53. The number of fused-ring (bicyclic) bond motifs is 2. The van der Waals surface area contributed by atoms with Crippen LogP contribution in [0, 0.1) is 0 Å². The van der Waals surface area contributed by atoms with Crippen molar-refractivity contribution in [2.24, 2.45) is 0 Å². The first-order valence-corrected chi connectivity index (χ1v) is 11.6. The second-order valence-electron chi connectivity index (χ2n) is 7.14. The summed E-state index contributed by atoms with van der Waals surface area (Å²) < 4.78 is 5.06. The highest BCUT2D eigenvalue weighted by Crippen LogP contribution is 2.29. The molecule has 5 rings (SSSR count). The Labute approximate surface area is 195 Å². The largest absolute Gasteiger partial charge is 0.451 e. The summed E-state index contributed by atoms with van der Waals surface area (Å²) in [6.45, 7) is -0.517. The molecule has 0 saturated carbocycles. The highest BCUT2D eigenvalue weighted by molar-refractivity contribution is 7.14. The summed E-state index contributed by atoms with van der Waals surface area (Å²) in [7, 11) is 0. The molecule has 0 bridgehead atoms. The lowest BCUT2D eigenvalue weighted by Gasteiger charge is -2.18. The zero-order valence-electron chi connectivity index (χ0n) is 16.9. The zero-order valence-corrected chi connectivity index (χ0v) is 18.5. The van der Waals surface area contributed by atoms with E-state index in [2.05, 4.69) is 10.3 Å². The topological polar surface area (TPSA) is 102 Å². The molecule has 1 N–H and O–H groups in total. The van der Waals surface area contributed by atoms with Gasteiger partial charge in [0, 0.05) is 44.3 Å². The lowest BCUT2D eigenvalue weighted by Crippen LogP contribution is -2.23. The van der Waals surface area contributed by atoms with E-state index < -0.39 is 18.5 Å². The molecule has 162 valence electrons. The molecule has 0 spiro atoms. The van der Waals surface area contributed by atoms with E-state index in [0.29, 0.717) is 21.8 Å². The monoisotopic (exact) mass is 474 g/mol. The van der Waals surface area contributed by atoms with Crippen LogP contribution >= 0.6 is 22.7 Å². The Bertz CT molecular complexity index is 1420. The van der Waals surface area contributed by atoms with Crippen LogP contribution in [0.25, 0.3) is 10.6 Å². The van der Waals surface area contributed by atoms with Gasteiger partial charge in [-0.2, -0.15) is 11.3 Å². The summed E-state index contributed by atoms with van der Waals surface area (Å²) >= 11 is 2.85. The van der Waals surface area contributed by atoms with E-state index >= 15 is 0 Å². The highest BCUT2D eigenvalue weighted by atomic mass is 32.1. The molecule has 2 aromatic heterocycles. The van der Waals surface area contributed by atoms with Crippen molar-refractivity contribution in [3.05, 3.63) is 92.6 Å². The predicted molar refractivity (Wildman–Crippen MR) is 124 cm³/mol. The molecule has 0 saturated heterocycles. The van der Waals surface area contributed by atoms with Crippen LogP contribution in [0.1, 0.15) is 42.3 Å². The number of ketones is 2. The maximum absolute atomic E-state index is 12.8. The predicted octanol–water partition coefficient (Wildman–Crippen LogP) is 4.44. The summed E-state index contributed by atoms with van der Waals surface area (Å²) in [6.07, 6.45) is 0.